The molecule has 3 heteroatoms. The lowest BCUT2D eigenvalue weighted by Gasteiger charge is -2.38. The third-order valence-electron chi connectivity index (χ3n) is 5.21. The molecule has 1 aromatic carbocycles. The van der Waals surface area contributed by atoms with Crippen LogP contribution in [0.25, 0.3) is 0 Å². The fourth-order valence-corrected chi connectivity index (χ4v) is 4.43. The van der Waals surface area contributed by atoms with Crippen molar-refractivity contribution in [2.24, 2.45) is 5.92 Å². The second-order valence-electron chi connectivity index (χ2n) is 7.67. The SMILES string of the molecule is COc1ccc2c(c1)C(O)(C1CC(C)(C)OC1(C)C)CC2. The summed E-state index contributed by atoms with van der Waals surface area (Å²) in [6.07, 6.45) is 2.55. The van der Waals surface area contributed by atoms with Gasteiger partial charge < -0.3 is 14.6 Å². The largest absolute Gasteiger partial charge is 0.497 e. The Hall–Kier alpha value is -1.06. The maximum absolute atomic E-state index is 11.5. The third-order valence-corrected chi connectivity index (χ3v) is 5.21. The minimum Gasteiger partial charge on any atom is -0.497 e. The molecule has 0 saturated carbocycles. The van der Waals surface area contributed by atoms with E-state index in [9.17, 15) is 5.11 Å². The molecule has 0 radical (unpaired) electrons. The second kappa shape index (κ2) is 4.47. The number of hydrogen-bond donors (Lipinski definition) is 1. The maximum atomic E-state index is 11.5. The van der Waals surface area contributed by atoms with Crippen molar-refractivity contribution in [3.63, 3.8) is 0 Å². The Bertz CT molecular complexity index is 562. The van der Waals surface area contributed by atoms with Gasteiger partial charge in [-0.05, 0) is 70.2 Å². The zero-order chi connectivity index (χ0) is 15.5. The van der Waals surface area contributed by atoms with Crippen LogP contribution in [0.2, 0.25) is 0 Å². The van der Waals surface area contributed by atoms with Gasteiger partial charge in [0.15, 0.2) is 0 Å². The first kappa shape index (κ1) is 14.9. The van der Waals surface area contributed by atoms with Gasteiger partial charge in [0.05, 0.1) is 23.9 Å². The van der Waals surface area contributed by atoms with Gasteiger partial charge in [-0.3, -0.25) is 0 Å². The lowest BCUT2D eigenvalue weighted by molar-refractivity contribution is -0.116. The summed E-state index contributed by atoms with van der Waals surface area (Å²) < 4.78 is 11.6. The van der Waals surface area contributed by atoms with E-state index in [-0.39, 0.29) is 17.1 Å². The molecule has 21 heavy (non-hydrogen) atoms. The number of benzene rings is 1. The normalized spacial score (nSPS) is 33.0. The van der Waals surface area contributed by atoms with Crippen molar-refractivity contribution in [2.45, 2.75) is 63.8 Å². The molecule has 2 aliphatic rings. The topological polar surface area (TPSA) is 38.7 Å². The molecule has 1 aliphatic heterocycles. The molecular formula is C18H26O3. The van der Waals surface area contributed by atoms with Crippen molar-refractivity contribution in [1.82, 2.24) is 0 Å². The number of hydrogen-bond acceptors (Lipinski definition) is 3. The molecule has 3 nitrogen and oxygen atoms in total. The van der Waals surface area contributed by atoms with Gasteiger partial charge in [-0.2, -0.15) is 0 Å². The van der Waals surface area contributed by atoms with Gasteiger partial charge in [-0.1, -0.05) is 6.07 Å². The van der Waals surface area contributed by atoms with Crippen LogP contribution >= 0.6 is 0 Å². The Kier molecular flexibility index (Phi) is 3.16. The summed E-state index contributed by atoms with van der Waals surface area (Å²) in [7, 11) is 1.67. The maximum Gasteiger partial charge on any atom is 0.119 e. The van der Waals surface area contributed by atoms with E-state index >= 15 is 0 Å². The molecule has 3 rings (SSSR count). The molecular weight excluding hydrogens is 264 g/mol. The van der Waals surface area contributed by atoms with E-state index in [0.717, 1.165) is 30.6 Å². The molecule has 1 aliphatic carbocycles. The number of aryl methyl sites for hydroxylation is 1. The first-order valence-corrected chi connectivity index (χ1v) is 7.78. The monoisotopic (exact) mass is 290 g/mol. The lowest BCUT2D eigenvalue weighted by atomic mass is 9.72. The summed E-state index contributed by atoms with van der Waals surface area (Å²) in [5.74, 6) is 0.901. The van der Waals surface area contributed by atoms with E-state index in [0.29, 0.717) is 0 Å². The smallest absolute Gasteiger partial charge is 0.119 e. The van der Waals surface area contributed by atoms with Crippen LogP contribution in [0, 0.1) is 5.92 Å². The van der Waals surface area contributed by atoms with Gasteiger partial charge in [-0.15, -0.1) is 0 Å². The quantitative estimate of drug-likeness (QED) is 0.907. The molecule has 2 unspecified atom stereocenters. The highest BCUT2D eigenvalue weighted by Crippen LogP contribution is 2.55. The van der Waals surface area contributed by atoms with Gasteiger partial charge in [0.25, 0.3) is 0 Å². The van der Waals surface area contributed by atoms with Crippen molar-refractivity contribution in [2.75, 3.05) is 7.11 Å². The van der Waals surface area contributed by atoms with E-state index in [1.54, 1.807) is 7.11 Å². The predicted octanol–water partition coefficient (Wildman–Crippen LogP) is 3.42. The molecule has 1 N–H and O–H groups in total. The van der Waals surface area contributed by atoms with Gasteiger partial charge in [0, 0.05) is 5.92 Å². The molecule has 2 atom stereocenters. The summed E-state index contributed by atoms with van der Waals surface area (Å²) in [4.78, 5) is 0. The first-order chi connectivity index (χ1) is 9.68. The summed E-state index contributed by atoms with van der Waals surface area (Å²) in [6, 6.07) is 6.06. The molecule has 0 aromatic heterocycles. The number of methoxy groups -OCH3 is 1. The van der Waals surface area contributed by atoms with E-state index < -0.39 is 5.60 Å². The summed E-state index contributed by atoms with van der Waals surface area (Å²) in [6.45, 7) is 8.42. The Morgan fingerprint density at radius 2 is 1.95 bits per heavy atom. The molecule has 0 bridgehead atoms. The van der Waals surface area contributed by atoms with Crippen molar-refractivity contribution in [3.05, 3.63) is 29.3 Å². The molecule has 1 aromatic rings. The van der Waals surface area contributed by atoms with Crippen LogP contribution in [0.15, 0.2) is 18.2 Å². The first-order valence-electron chi connectivity index (χ1n) is 7.78. The molecule has 1 saturated heterocycles. The fourth-order valence-electron chi connectivity index (χ4n) is 4.43. The lowest BCUT2D eigenvalue weighted by Crippen LogP contribution is -2.43. The third kappa shape index (κ3) is 2.27. The van der Waals surface area contributed by atoms with Crippen LogP contribution in [0.5, 0.6) is 5.75 Å². The standard InChI is InChI=1S/C18H26O3/c1-16(2)11-15(17(3,4)21-16)18(19)9-8-12-6-7-13(20-5)10-14(12)18/h6-7,10,15,19H,8-9,11H2,1-5H3. The van der Waals surface area contributed by atoms with E-state index in [1.807, 2.05) is 12.1 Å². The molecule has 1 heterocycles. The predicted molar refractivity (Wildman–Crippen MR) is 82.6 cm³/mol. The van der Waals surface area contributed by atoms with Crippen LogP contribution in [0.4, 0.5) is 0 Å². The van der Waals surface area contributed by atoms with Gasteiger partial charge >= 0.3 is 0 Å². The Morgan fingerprint density at radius 1 is 1.24 bits per heavy atom. The summed E-state index contributed by atoms with van der Waals surface area (Å²) >= 11 is 0. The molecule has 1 fully saturated rings. The number of fused-ring (bicyclic) bond motifs is 1. The zero-order valence-corrected chi connectivity index (χ0v) is 13.7. The van der Waals surface area contributed by atoms with E-state index in [4.69, 9.17) is 9.47 Å². The highest BCUT2D eigenvalue weighted by Gasteiger charge is 2.57. The van der Waals surface area contributed by atoms with Gasteiger partial charge in [0.2, 0.25) is 0 Å². The van der Waals surface area contributed by atoms with Crippen LogP contribution in [0.3, 0.4) is 0 Å². The van der Waals surface area contributed by atoms with Crippen molar-refractivity contribution < 1.29 is 14.6 Å². The highest BCUT2D eigenvalue weighted by atomic mass is 16.5. The van der Waals surface area contributed by atoms with Crippen LogP contribution in [0.1, 0.15) is 51.7 Å². The Labute approximate surface area is 127 Å². The fraction of sp³-hybridized carbons (Fsp3) is 0.667. The zero-order valence-electron chi connectivity index (χ0n) is 13.7. The molecule has 0 spiro atoms. The van der Waals surface area contributed by atoms with Gasteiger partial charge in [-0.25, -0.2) is 0 Å². The highest BCUT2D eigenvalue weighted by molar-refractivity contribution is 5.44. The Morgan fingerprint density at radius 3 is 2.52 bits per heavy atom. The average Bonchev–Trinajstić information content (AvgIpc) is 2.84. The number of ether oxygens (including phenoxy) is 2. The van der Waals surface area contributed by atoms with E-state index in [2.05, 4.69) is 33.8 Å². The number of aliphatic hydroxyl groups is 1. The van der Waals surface area contributed by atoms with Crippen molar-refractivity contribution in [1.29, 1.82) is 0 Å². The number of rotatable bonds is 2. The van der Waals surface area contributed by atoms with Crippen molar-refractivity contribution in [3.8, 4) is 5.75 Å². The van der Waals surface area contributed by atoms with E-state index in [1.165, 1.54) is 5.56 Å². The van der Waals surface area contributed by atoms with Gasteiger partial charge in [0.1, 0.15) is 5.75 Å². The molecule has 0 amide bonds. The van der Waals surface area contributed by atoms with Crippen LogP contribution in [-0.4, -0.2) is 23.4 Å². The Balaban J connectivity index is 2.04. The second-order valence-corrected chi connectivity index (χ2v) is 7.67. The summed E-state index contributed by atoms with van der Waals surface area (Å²) in [5.41, 5.74) is 0.926. The minimum atomic E-state index is -0.818. The minimum absolute atomic E-state index is 0.0911. The van der Waals surface area contributed by atoms with Crippen LogP contribution in [-0.2, 0) is 16.8 Å². The summed E-state index contributed by atoms with van der Waals surface area (Å²) in [5, 5.41) is 11.5. The van der Waals surface area contributed by atoms with Crippen molar-refractivity contribution >= 4 is 0 Å². The molecule has 116 valence electrons. The average molecular weight is 290 g/mol. The van der Waals surface area contributed by atoms with Crippen LogP contribution < -0.4 is 4.74 Å².